The molecule has 0 spiro atoms. The molecule has 88 valence electrons. The molecule has 0 amide bonds. The van der Waals surface area contributed by atoms with Crippen LogP contribution in [0.25, 0.3) is 0 Å². The van der Waals surface area contributed by atoms with Gasteiger partial charge in [-0.3, -0.25) is 4.98 Å². The van der Waals surface area contributed by atoms with Gasteiger partial charge in [-0.2, -0.15) is 0 Å². The molecule has 3 rings (SSSR count). The fourth-order valence-corrected chi connectivity index (χ4v) is 3.41. The van der Waals surface area contributed by atoms with Crippen LogP contribution in [-0.4, -0.2) is 4.98 Å². The van der Waals surface area contributed by atoms with Crippen molar-refractivity contribution in [1.29, 1.82) is 0 Å². The fourth-order valence-electron chi connectivity index (χ4n) is 3.41. The molecule has 0 unspecified atom stereocenters. The zero-order valence-corrected chi connectivity index (χ0v) is 10.2. The summed E-state index contributed by atoms with van der Waals surface area (Å²) in [5, 5.41) is 0. The highest BCUT2D eigenvalue weighted by molar-refractivity contribution is 5.23. The minimum absolute atomic E-state index is 0.442. The molecule has 0 saturated heterocycles. The molecule has 2 aliphatic carbocycles. The molecule has 0 radical (unpaired) electrons. The monoisotopic (exact) mass is 225 g/mol. The Bertz CT molecular complexity index is 412. The summed E-state index contributed by atoms with van der Waals surface area (Å²) in [4.78, 5) is 4.51. The molecule has 17 heavy (non-hydrogen) atoms. The van der Waals surface area contributed by atoms with Crippen molar-refractivity contribution >= 4 is 0 Å². The maximum atomic E-state index is 4.51. The van der Waals surface area contributed by atoms with Crippen molar-refractivity contribution in [3.63, 3.8) is 0 Å². The summed E-state index contributed by atoms with van der Waals surface area (Å²) in [7, 11) is 0. The predicted molar refractivity (Wildman–Crippen MR) is 70.6 cm³/mol. The van der Waals surface area contributed by atoms with Crippen LogP contribution in [0.5, 0.6) is 0 Å². The van der Waals surface area contributed by atoms with Crippen molar-refractivity contribution in [2.45, 2.75) is 32.1 Å². The summed E-state index contributed by atoms with van der Waals surface area (Å²) in [6.07, 6.45) is 17.6. The van der Waals surface area contributed by atoms with Gasteiger partial charge in [0.05, 0.1) is 0 Å². The lowest BCUT2D eigenvalue weighted by atomic mass is 9.71. The Morgan fingerprint density at radius 3 is 2.53 bits per heavy atom. The van der Waals surface area contributed by atoms with E-state index >= 15 is 0 Å². The first kappa shape index (κ1) is 10.8. The number of rotatable bonds is 3. The number of aromatic nitrogens is 1. The van der Waals surface area contributed by atoms with E-state index in [0.717, 1.165) is 6.42 Å². The fraction of sp³-hybridized carbons (Fsp3) is 0.438. The van der Waals surface area contributed by atoms with Crippen molar-refractivity contribution in [3.8, 4) is 0 Å². The van der Waals surface area contributed by atoms with Crippen molar-refractivity contribution in [1.82, 2.24) is 4.98 Å². The summed E-state index contributed by atoms with van der Waals surface area (Å²) in [5.41, 5.74) is 1.70. The average molecular weight is 225 g/mol. The van der Waals surface area contributed by atoms with E-state index in [2.05, 4.69) is 41.4 Å². The Kier molecular flexibility index (Phi) is 2.84. The maximum absolute atomic E-state index is 4.51. The Hall–Kier alpha value is -1.37. The van der Waals surface area contributed by atoms with Gasteiger partial charge in [0.2, 0.25) is 0 Å². The lowest BCUT2D eigenvalue weighted by molar-refractivity contribution is 0.239. The highest BCUT2D eigenvalue weighted by atomic mass is 14.7. The number of nitrogens with zero attached hydrogens (tertiary/aromatic N) is 1. The standard InChI is InChI=1S/C16H19N/c1-2-8-14(7-1)16(10-4-5-11-16)13-15-9-3-6-12-17-15/h1-3,6-9,12,14H,4-5,10-11,13H2. The minimum atomic E-state index is 0.442. The molecule has 0 aromatic carbocycles. The van der Waals surface area contributed by atoms with Crippen molar-refractivity contribution in [2.75, 3.05) is 0 Å². The van der Waals surface area contributed by atoms with Gasteiger partial charge in [-0.05, 0) is 36.8 Å². The smallest absolute Gasteiger partial charge is 0.0409 e. The van der Waals surface area contributed by atoms with Gasteiger partial charge in [-0.15, -0.1) is 0 Å². The Balaban J connectivity index is 1.85. The van der Waals surface area contributed by atoms with E-state index in [0.29, 0.717) is 11.3 Å². The van der Waals surface area contributed by atoms with Gasteiger partial charge in [0.15, 0.2) is 0 Å². The zero-order chi connectivity index (χ0) is 11.6. The second-order valence-electron chi connectivity index (χ2n) is 5.36. The van der Waals surface area contributed by atoms with Gasteiger partial charge < -0.3 is 0 Å². The van der Waals surface area contributed by atoms with E-state index < -0.39 is 0 Å². The van der Waals surface area contributed by atoms with Crippen LogP contribution in [0.4, 0.5) is 0 Å². The molecule has 1 heteroatoms. The molecule has 0 N–H and O–H groups in total. The van der Waals surface area contributed by atoms with Crippen LogP contribution in [0.15, 0.2) is 48.7 Å². The summed E-state index contributed by atoms with van der Waals surface area (Å²) in [6, 6.07) is 6.27. The lowest BCUT2D eigenvalue weighted by Crippen LogP contribution is -2.27. The van der Waals surface area contributed by atoms with Gasteiger partial charge >= 0.3 is 0 Å². The molecule has 1 heterocycles. The SMILES string of the molecule is C1=CC(C2(Cc3ccccn3)CCCC2)C=C1. The molecule has 1 fully saturated rings. The first-order valence-corrected chi connectivity index (χ1v) is 6.64. The highest BCUT2D eigenvalue weighted by Gasteiger charge is 2.39. The lowest BCUT2D eigenvalue weighted by Gasteiger charge is -2.33. The second kappa shape index (κ2) is 4.48. The highest BCUT2D eigenvalue weighted by Crippen LogP contribution is 2.48. The number of allylic oxidation sites excluding steroid dienone is 4. The average Bonchev–Trinajstić information content (AvgIpc) is 3.01. The molecule has 1 aromatic heterocycles. The van der Waals surface area contributed by atoms with Crippen molar-refractivity contribution < 1.29 is 0 Å². The largest absolute Gasteiger partial charge is 0.261 e. The Morgan fingerprint density at radius 1 is 1.12 bits per heavy atom. The normalized spacial score (nSPS) is 22.4. The van der Waals surface area contributed by atoms with Crippen LogP contribution in [0.1, 0.15) is 31.4 Å². The second-order valence-corrected chi connectivity index (χ2v) is 5.36. The summed E-state index contributed by atoms with van der Waals surface area (Å²) in [5.74, 6) is 0.631. The van der Waals surface area contributed by atoms with E-state index in [1.54, 1.807) is 0 Å². The first-order valence-electron chi connectivity index (χ1n) is 6.64. The van der Waals surface area contributed by atoms with Gasteiger partial charge in [0.1, 0.15) is 0 Å². The van der Waals surface area contributed by atoms with Gasteiger partial charge in [0.25, 0.3) is 0 Å². The van der Waals surface area contributed by atoms with Crippen LogP contribution in [0, 0.1) is 11.3 Å². The molecule has 0 atom stereocenters. The van der Waals surface area contributed by atoms with Crippen LogP contribution in [0.3, 0.4) is 0 Å². The molecule has 1 aromatic rings. The summed E-state index contributed by atoms with van der Waals surface area (Å²) < 4.78 is 0. The number of hydrogen-bond donors (Lipinski definition) is 0. The van der Waals surface area contributed by atoms with Crippen LogP contribution in [0.2, 0.25) is 0 Å². The quantitative estimate of drug-likeness (QED) is 0.759. The zero-order valence-electron chi connectivity index (χ0n) is 10.2. The van der Waals surface area contributed by atoms with E-state index in [1.165, 1.54) is 31.4 Å². The number of pyridine rings is 1. The summed E-state index contributed by atoms with van der Waals surface area (Å²) in [6.45, 7) is 0. The third-order valence-electron chi connectivity index (χ3n) is 4.31. The molecular weight excluding hydrogens is 206 g/mol. The Morgan fingerprint density at radius 2 is 1.88 bits per heavy atom. The minimum Gasteiger partial charge on any atom is -0.261 e. The van der Waals surface area contributed by atoms with E-state index in [1.807, 2.05) is 12.3 Å². The van der Waals surface area contributed by atoms with Crippen molar-refractivity contribution in [2.24, 2.45) is 11.3 Å². The van der Waals surface area contributed by atoms with Crippen molar-refractivity contribution in [3.05, 3.63) is 54.4 Å². The molecule has 2 aliphatic rings. The predicted octanol–water partition coefficient (Wildman–Crippen LogP) is 3.93. The maximum Gasteiger partial charge on any atom is 0.0409 e. The van der Waals surface area contributed by atoms with E-state index in [9.17, 15) is 0 Å². The Labute approximate surface area is 103 Å². The molecule has 1 saturated carbocycles. The van der Waals surface area contributed by atoms with Crippen LogP contribution < -0.4 is 0 Å². The number of hydrogen-bond acceptors (Lipinski definition) is 1. The van der Waals surface area contributed by atoms with Crippen LogP contribution in [-0.2, 0) is 6.42 Å². The molecular formula is C16H19N. The summed E-state index contributed by atoms with van der Waals surface area (Å²) >= 11 is 0. The van der Waals surface area contributed by atoms with E-state index in [4.69, 9.17) is 0 Å². The molecule has 0 bridgehead atoms. The van der Waals surface area contributed by atoms with E-state index in [-0.39, 0.29) is 0 Å². The third kappa shape index (κ3) is 2.06. The topological polar surface area (TPSA) is 12.9 Å². The third-order valence-corrected chi connectivity index (χ3v) is 4.31. The molecule has 0 aliphatic heterocycles. The van der Waals surface area contributed by atoms with Gasteiger partial charge in [-0.1, -0.05) is 43.2 Å². The van der Waals surface area contributed by atoms with Crippen LogP contribution >= 0.6 is 0 Å². The van der Waals surface area contributed by atoms with Gasteiger partial charge in [0, 0.05) is 17.8 Å². The first-order chi connectivity index (χ1) is 8.39. The van der Waals surface area contributed by atoms with Gasteiger partial charge in [-0.25, -0.2) is 0 Å². The molecule has 1 nitrogen and oxygen atoms in total.